The quantitative estimate of drug-likeness (QED) is 0.820. The maximum atomic E-state index is 12.9. The number of nitrogens with zero attached hydrogens (tertiary/aromatic N) is 3. The van der Waals surface area contributed by atoms with Gasteiger partial charge in [0.15, 0.2) is 0 Å². The second kappa shape index (κ2) is 7.29. The van der Waals surface area contributed by atoms with Gasteiger partial charge in [-0.15, -0.1) is 0 Å². The van der Waals surface area contributed by atoms with Crippen LogP contribution in [0.25, 0.3) is 0 Å². The minimum Gasteiger partial charge on any atom is -0.480 e. The summed E-state index contributed by atoms with van der Waals surface area (Å²) >= 11 is 0. The van der Waals surface area contributed by atoms with Gasteiger partial charge in [0.2, 0.25) is 5.91 Å². The molecule has 0 bridgehead atoms. The van der Waals surface area contributed by atoms with Crippen LogP contribution in [0.15, 0.2) is 49.1 Å². The highest BCUT2D eigenvalue weighted by Crippen LogP contribution is 2.45. The molecular formula is C19H24N4O3. The van der Waals surface area contributed by atoms with Gasteiger partial charge in [-0.05, 0) is 26.0 Å². The van der Waals surface area contributed by atoms with E-state index in [1.165, 1.54) is 0 Å². The molecule has 138 valence electrons. The predicted octanol–water partition coefficient (Wildman–Crippen LogP) is 1.54. The number of carboxylic acids is 1. The first-order valence-electron chi connectivity index (χ1n) is 8.68. The van der Waals surface area contributed by atoms with Crippen LogP contribution in [0.3, 0.4) is 0 Å². The zero-order valence-corrected chi connectivity index (χ0v) is 15.0. The zero-order valence-electron chi connectivity index (χ0n) is 15.0. The number of carboxylic acid groups (broad SMARTS) is 1. The van der Waals surface area contributed by atoms with Crippen LogP contribution >= 0.6 is 0 Å². The van der Waals surface area contributed by atoms with Gasteiger partial charge in [0.05, 0.1) is 12.2 Å². The normalized spacial score (nSPS) is 25.9. The van der Waals surface area contributed by atoms with Gasteiger partial charge in [0.25, 0.3) is 0 Å². The first-order chi connectivity index (χ1) is 12.4. The van der Waals surface area contributed by atoms with Crippen LogP contribution in [0.2, 0.25) is 0 Å². The number of aliphatic carboxylic acids is 1. The number of carbonyl (C=O) groups is 2. The van der Waals surface area contributed by atoms with Gasteiger partial charge in [0.1, 0.15) is 5.54 Å². The number of likely N-dealkylation sites (N-methyl/N-ethyl adjacent to an activating group) is 1. The highest BCUT2D eigenvalue weighted by atomic mass is 16.4. The second-order valence-electron chi connectivity index (χ2n) is 6.95. The smallest absolute Gasteiger partial charge is 0.323 e. The summed E-state index contributed by atoms with van der Waals surface area (Å²) < 4.78 is 1.89. The Morgan fingerprint density at radius 3 is 2.69 bits per heavy atom. The SMILES string of the molecule is CN1[C@@H](c2ccccc2)[C@@H](C(=O)NCCn2ccnc2)C[C@@]1(C)C(=O)O. The number of imidazole rings is 1. The molecule has 0 saturated carbocycles. The Kier molecular flexibility index (Phi) is 5.08. The first-order valence-corrected chi connectivity index (χ1v) is 8.68. The summed E-state index contributed by atoms with van der Waals surface area (Å²) in [5.41, 5.74) is -0.123. The average Bonchev–Trinajstić information content (AvgIpc) is 3.23. The number of carbonyl (C=O) groups excluding carboxylic acids is 1. The third kappa shape index (κ3) is 3.35. The monoisotopic (exact) mass is 356 g/mol. The third-order valence-electron chi connectivity index (χ3n) is 5.36. The van der Waals surface area contributed by atoms with Crippen molar-refractivity contribution in [3.05, 3.63) is 54.6 Å². The van der Waals surface area contributed by atoms with E-state index >= 15 is 0 Å². The molecule has 0 radical (unpaired) electrons. The minimum atomic E-state index is -1.08. The van der Waals surface area contributed by atoms with Crippen molar-refractivity contribution in [3.8, 4) is 0 Å². The van der Waals surface area contributed by atoms with Crippen LogP contribution in [0, 0.1) is 5.92 Å². The Balaban J connectivity index is 1.77. The molecule has 0 unspecified atom stereocenters. The molecule has 1 aliphatic heterocycles. The van der Waals surface area contributed by atoms with Crippen molar-refractivity contribution in [2.45, 2.75) is 31.5 Å². The van der Waals surface area contributed by atoms with E-state index in [-0.39, 0.29) is 18.4 Å². The van der Waals surface area contributed by atoms with Crippen molar-refractivity contribution >= 4 is 11.9 Å². The van der Waals surface area contributed by atoms with Crippen molar-refractivity contribution in [1.29, 1.82) is 0 Å². The van der Waals surface area contributed by atoms with Gasteiger partial charge >= 0.3 is 5.97 Å². The molecule has 1 aromatic carbocycles. The van der Waals surface area contributed by atoms with E-state index in [2.05, 4.69) is 10.3 Å². The Morgan fingerprint density at radius 1 is 1.35 bits per heavy atom. The fourth-order valence-corrected chi connectivity index (χ4v) is 3.70. The topological polar surface area (TPSA) is 87.5 Å². The molecule has 26 heavy (non-hydrogen) atoms. The lowest BCUT2D eigenvalue weighted by molar-refractivity contribution is -0.148. The molecule has 1 fully saturated rings. The molecule has 1 saturated heterocycles. The molecule has 2 N–H and O–H groups in total. The van der Waals surface area contributed by atoms with Crippen LogP contribution in [0.5, 0.6) is 0 Å². The van der Waals surface area contributed by atoms with E-state index in [0.717, 1.165) is 5.56 Å². The van der Waals surface area contributed by atoms with Crippen LogP contribution in [-0.4, -0.2) is 50.6 Å². The number of likely N-dealkylation sites (tertiary alicyclic amines) is 1. The summed E-state index contributed by atoms with van der Waals surface area (Å²) in [6, 6.07) is 9.35. The molecule has 3 rings (SSSR count). The molecule has 1 amide bonds. The van der Waals surface area contributed by atoms with E-state index < -0.39 is 17.4 Å². The lowest BCUT2D eigenvalue weighted by atomic mass is 9.89. The van der Waals surface area contributed by atoms with Crippen molar-refractivity contribution in [3.63, 3.8) is 0 Å². The molecule has 7 heteroatoms. The average molecular weight is 356 g/mol. The number of aromatic nitrogens is 2. The number of rotatable bonds is 6. The van der Waals surface area contributed by atoms with E-state index in [9.17, 15) is 14.7 Å². The van der Waals surface area contributed by atoms with Gasteiger partial charge in [-0.2, -0.15) is 0 Å². The molecule has 3 atom stereocenters. The van der Waals surface area contributed by atoms with Gasteiger partial charge in [-0.3, -0.25) is 14.5 Å². The Bertz CT molecular complexity index is 762. The molecular weight excluding hydrogens is 332 g/mol. The number of benzene rings is 1. The maximum Gasteiger partial charge on any atom is 0.323 e. The van der Waals surface area contributed by atoms with Crippen molar-refractivity contribution in [2.24, 2.45) is 5.92 Å². The molecule has 1 aromatic heterocycles. The fraction of sp³-hybridized carbons (Fsp3) is 0.421. The van der Waals surface area contributed by atoms with Crippen molar-refractivity contribution < 1.29 is 14.7 Å². The van der Waals surface area contributed by atoms with Gasteiger partial charge in [-0.1, -0.05) is 30.3 Å². The summed E-state index contributed by atoms with van der Waals surface area (Å²) in [4.78, 5) is 30.5. The van der Waals surface area contributed by atoms with Gasteiger partial charge in [0, 0.05) is 31.5 Å². The zero-order chi connectivity index (χ0) is 18.7. The highest BCUT2D eigenvalue weighted by molar-refractivity contribution is 5.85. The fourth-order valence-electron chi connectivity index (χ4n) is 3.70. The molecule has 0 spiro atoms. The lowest BCUT2D eigenvalue weighted by Crippen LogP contribution is -2.46. The number of hydrogen-bond acceptors (Lipinski definition) is 4. The third-order valence-corrected chi connectivity index (χ3v) is 5.36. The van der Waals surface area contributed by atoms with Crippen LogP contribution < -0.4 is 5.32 Å². The summed E-state index contributed by atoms with van der Waals surface area (Å²) in [6.45, 7) is 2.78. The number of hydrogen-bond donors (Lipinski definition) is 2. The number of amides is 1. The molecule has 1 aliphatic rings. The Morgan fingerprint density at radius 2 is 2.08 bits per heavy atom. The van der Waals surface area contributed by atoms with E-state index in [1.54, 1.807) is 26.5 Å². The second-order valence-corrected chi connectivity index (χ2v) is 6.95. The summed E-state index contributed by atoms with van der Waals surface area (Å²) in [7, 11) is 1.78. The number of nitrogens with one attached hydrogen (secondary N) is 1. The molecule has 2 heterocycles. The predicted molar refractivity (Wildman–Crippen MR) is 96.3 cm³/mol. The maximum absolute atomic E-state index is 12.9. The lowest BCUT2D eigenvalue weighted by Gasteiger charge is -2.32. The summed E-state index contributed by atoms with van der Waals surface area (Å²) in [5, 5.41) is 12.7. The van der Waals surface area contributed by atoms with Crippen LogP contribution in [0.1, 0.15) is 24.9 Å². The van der Waals surface area contributed by atoms with Gasteiger partial charge < -0.3 is 15.0 Å². The molecule has 0 aliphatic carbocycles. The minimum absolute atomic E-state index is 0.115. The summed E-state index contributed by atoms with van der Waals surface area (Å²) in [5.74, 6) is -1.45. The standard InChI is InChI=1S/C19H24N4O3/c1-19(18(25)26)12-15(16(22(19)2)14-6-4-3-5-7-14)17(24)21-9-11-23-10-8-20-13-23/h3-8,10,13,15-16H,9,11-12H2,1-2H3,(H,21,24)(H,25,26)/t15-,16-,19-/m0/s1. The van der Waals surface area contributed by atoms with E-state index in [4.69, 9.17) is 0 Å². The highest BCUT2D eigenvalue weighted by Gasteiger charge is 2.54. The molecule has 7 nitrogen and oxygen atoms in total. The van der Waals surface area contributed by atoms with Crippen LogP contribution in [0.4, 0.5) is 0 Å². The van der Waals surface area contributed by atoms with Crippen LogP contribution in [-0.2, 0) is 16.1 Å². The van der Waals surface area contributed by atoms with E-state index in [0.29, 0.717) is 13.1 Å². The Hall–Kier alpha value is -2.67. The molecule has 2 aromatic rings. The van der Waals surface area contributed by atoms with Crippen molar-refractivity contribution in [2.75, 3.05) is 13.6 Å². The van der Waals surface area contributed by atoms with Crippen molar-refractivity contribution in [1.82, 2.24) is 19.8 Å². The first kappa shape index (κ1) is 18.1. The Labute approximate surface area is 152 Å². The summed E-state index contributed by atoms with van der Waals surface area (Å²) in [6.07, 6.45) is 5.50. The van der Waals surface area contributed by atoms with E-state index in [1.807, 2.05) is 46.0 Å². The largest absolute Gasteiger partial charge is 0.480 e. The van der Waals surface area contributed by atoms with Gasteiger partial charge in [-0.25, -0.2) is 4.98 Å².